The maximum Gasteiger partial charge on any atom is 0.404 e. The molecular formula is C17H19N5O4. The zero-order valence-corrected chi connectivity index (χ0v) is 14.2. The van der Waals surface area contributed by atoms with Crippen molar-refractivity contribution >= 4 is 12.1 Å². The number of carboxylic acid groups (broad SMARTS) is 1. The number of nitrogens with one attached hydrogen (secondary N) is 1. The molecule has 0 unspecified atom stereocenters. The van der Waals surface area contributed by atoms with Gasteiger partial charge < -0.3 is 15.3 Å². The Morgan fingerprint density at radius 2 is 2.15 bits per heavy atom. The van der Waals surface area contributed by atoms with Gasteiger partial charge in [0.05, 0.1) is 24.5 Å². The van der Waals surface area contributed by atoms with Gasteiger partial charge in [-0.05, 0) is 5.56 Å². The summed E-state index contributed by atoms with van der Waals surface area (Å²) in [5.41, 5.74) is 2.68. The number of hydrogen-bond acceptors (Lipinski definition) is 4. The lowest BCUT2D eigenvalue weighted by atomic mass is 9.98. The minimum atomic E-state index is -1.13. The summed E-state index contributed by atoms with van der Waals surface area (Å²) in [6.07, 6.45) is 0.599. The Morgan fingerprint density at radius 1 is 1.38 bits per heavy atom. The molecule has 4 rings (SSSR count). The van der Waals surface area contributed by atoms with Crippen molar-refractivity contribution in [2.45, 2.75) is 18.7 Å². The lowest BCUT2D eigenvalue weighted by Gasteiger charge is -2.31. The summed E-state index contributed by atoms with van der Waals surface area (Å²) in [5, 5.41) is 17.0. The Morgan fingerprint density at radius 3 is 2.88 bits per heavy atom. The largest absolute Gasteiger partial charge is 0.465 e. The number of carbonyl (C=O) groups excluding carboxylic acids is 1. The molecule has 2 bridgehead atoms. The van der Waals surface area contributed by atoms with Crippen molar-refractivity contribution in [2.24, 2.45) is 7.05 Å². The Bertz CT molecular complexity index is 837. The number of nitrogens with zero attached hydrogens (tertiary/aromatic N) is 4. The van der Waals surface area contributed by atoms with Gasteiger partial charge in [-0.15, -0.1) is 0 Å². The van der Waals surface area contributed by atoms with Crippen LogP contribution >= 0.6 is 0 Å². The van der Waals surface area contributed by atoms with Crippen molar-refractivity contribution in [1.29, 1.82) is 0 Å². The molecule has 136 valence electrons. The van der Waals surface area contributed by atoms with Gasteiger partial charge in [0, 0.05) is 19.2 Å². The number of aromatic nitrogens is 2. The van der Waals surface area contributed by atoms with E-state index in [-0.39, 0.29) is 25.2 Å². The number of hydrogen-bond donors (Lipinski definition) is 2. The zero-order chi connectivity index (χ0) is 18.3. The van der Waals surface area contributed by atoms with E-state index in [1.807, 2.05) is 30.3 Å². The lowest BCUT2D eigenvalue weighted by molar-refractivity contribution is -0.141. The summed E-state index contributed by atoms with van der Waals surface area (Å²) >= 11 is 0. The first-order chi connectivity index (χ1) is 12.6. The number of carbonyl (C=O) groups is 2. The van der Waals surface area contributed by atoms with E-state index in [9.17, 15) is 9.59 Å². The molecule has 2 aromatic rings. The maximum atomic E-state index is 12.9. The first-order valence-corrected chi connectivity index (χ1v) is 8.31. The molecule has 26 heavy (non-hydrogen) atoms. The molecule has 0 radical (unpaired) electrons. The van der Waals surface area contributed by atoms with Crippen LogP contribution in [0.1, 0.15) is 28.9 Å². The summed E-state index contributed by atoms with van der Waals surface area (Å²) in [5.74, 6) is 0. The molecule has 0 aliphatic carbocycles. The average Bonchev–Trinajstić information content (AvgIpc) is 3.15. The summed E-state index contributed by atoms with van der Waals surface area (Å²) in [4.78, 5) is 31.2. The molecule has 1 aromatic carbocycles. The highest BCUT2D eigenvalue weighted by Gasteiger charge is 2.50. The number of aryl methyl sites for hydroxylation is 1. The molecule has 0 saturated carbocycles. The van der Waals surface area contributed by atoms with Gasteiger partial charge in [-0.25, -0.2) is 9.59 Å². The summed E-state index contributed by atoms with van der Waals surface area (Å²) in [6, 6.07) is 8.69. The van der Waals surface area contributed by atoms with Crippen molar-refractivity contribution in [3.05, 3.63) is 53.3 Å². The maximum absolute atomic E-state index is 12.9. The van der Waals surface area contributed by atoms with Crippen LogP contribution in [-0.4, -0.2) is 50.1 Å². The predicted octanol–water partition coefficient (Wildman–Crippen LogP) is 1.65. The molecule has 2 aliphatic rings. The Balaban J connectivity index is 1.59. The van der Waals surface area contributed by atoms with Crippen LogP contribution in [0.25, 0.3) is 0 Å². The van der Waals surface area contributed by atoms with Crippen molar-refractivity contribution in [1.82, 2.24) is 25.1 Å². The van der Waals surface area contributed by atoms with Gasteiger partial charge in [0.1, 0.15) is 12.6 Å². The summed E-state index contributed by atoms with van der Waals surface area (Å²) < 4.78 is 1.69. The summed E-state index contributed by atoms with van der Waals surface area (Å²) in [7, 11) is 1.79. The fraction of sp³-hybridized carbons (Fsp3) is 0.353. The van der Waals surface area contributed by atoms with Crippen molar-refractivity contribution in [3.8, 4) is 0 Å². The minimum Gasteiger partial charge on any atom is -0.465 e. The second-order valence-electron chi connectivity index (χ2n) is 6.35. The van der Waals surface area contributed by atoms with Crippen molar-refractivity contribution in [2.75, 3.05) is 13.1 Å². The molecule has 1 aromatic heterocycles. The third-order valence-electron chi connectivity index (χ3n) is 4.81. The van der Waals surface area contributed by atoms with Crippen molar-refractivity contribution < 1.29 is 19.5 Å². The highest BCUT2D eigenvalue weighted by atomic mass is 16.7. The quantitative estimate of drug-likeness (QED) is 0.848. The van der Waals surface area contributed by atoms with E-state index in [1.54, 1.807) is 22.8 Å². The van der Waals surface area contributed by atoms with Crippen LogP contribution in [0.5, 0.6) is 0 Å². The first-order valence-electron chi connectivity index (χ1n) is 8.31. The van der Waals surface area contributed by atoms with Crippen LogP contribution < -0.4 is 5.32 Å². The van der Waals surface area contributed by atoms with E-state index < -0.39 is 12.1 Å². The van der Waals surface area contributed by atoms with Gasteiger partial charge in [0.2, 0.25) is 0 Å². The monoisotopic (exact) mass is 357 g/mol. The minimum absolute atomic E-state index is 0.104. The van der Waals surface area contributed by atoms with Gasteiger partial charge >= 0.3 is 12.1 Å². The fourth-order valence-electron chi connectivity index (χ4n) is 3.61. The number of fused-ring (bicyclic) bond motifs is 4. The number of amides is 3. The Hall–Kier alpha value is -3.07. The van der Waals surface area contributed by atoms with Gasteiger partial charge in [0.25, 0.3) is 0 Å². The number of hydroxylamine groups is 2. The molecule has 2 aliphatic heterocycles. The van der Waals surface area contributed by atoms with Gasteiger partial charge in [0.15, 0.2) is 0 Å². The van der Waals surface area contributed by atoms with Crippen LogP contribution in [0.15, 0.2) is 36.5 Å². The van der Waals surface area contributed by atoms with E-state index in [0.717, 1.165) is 16.8 Å². The summed E-state index contributed by atoms with van der Waals surface area (Å²) in [6.45, 7) is 0.829. The zero-order valence-electron chi connectivity index (χ0n) is 14.2. The normalized spacial score (nSPS) is 21.0. The van der Waals surface area contributed by atoms with Crippen LogP contribution in [-0.2, 0) is 18.5 Å². The van der Waals surface area contributed by atoms with Crippen LogP contribution in [0.3, 0.4) is 0 Å². The van der Waals surface area contributed by atoms with Gasteiger partial charge in [-0.2, -0.15) is 10.2 Å². The number of benzene rings is 1. The second-order valence-corrected chi connectivity index (χ2v) is 6.35. The molecule has 3 heterocycles. The van der Waals surface area contributed by atoms with E-state index in [0.29, 0.717) is 6.54 Å². The van der Waals surface area contributed by atoms with Crippen molar-refractivity contribution in [3.63, 3.8) is 0 Å². The van der Waals surface area contributed by atoms with E-state index in [1.165, 1.54) is 5.06 Å². The SMILES string of the molecule is Cn1ncc2c1[C@@H](CNC(=O)O)N1C[C@H]2N(OCc2ccccc2)C1=O. The van der Waals surface area contributed by atoms with E-state index in [2.05, 4.69) is 10.4 Å². The van der Waals surface area contributed by atoms with Gasteiger partial charge in [-0.1, -0.05) is 30.3 Å². The van der Waals surface area contributed by atoms with Gasteiger partial charge in [-0.3, -0.25) is 9.52 Å². The molecule has 9 heteroatoms. The molecule has 0 spiro atoms. The third kappa shape index (κ3) is 2.66. The predicted molar refractivity (Wildman–Crippen MR) is 89.9 cm³/mol. The Labute approximate surface area is 149 Å². The highest BCUT2D eigenvalue weighted by Crippen LogP contribution is 2.43. The van der Waals surface area contributed by atoms with Crippen LogP contribution in [0.2, 0.25) is 0 Å². The van der Waals surface area contributed by atoms with Crippen LogP contribution in [0, 0.1) is 0 Å². The topological polar surface area (TPSA) is 99.9 Å². The first kappa shape index (κ1) is 16.4. The molecule has 1 fully saturated rings. The standard InChI is InChI=1S/C17H19N5O4/c1-20-15-12(7-19-20)14-9-21(13(15)8-18-16(23)24)17(25)22(14)26-10-11-5-3-2-4-6-11/h2-7,13-14,18H,8-10H2,1H3,(H,23,24)/t13-,14-/m1/s1. The smallest absolute Gasteiger partial charge is 0.404 e. The molecule has 9 nitrogen and oxygen atoms in total. The van der Waals surface area contributed by atoms with E-state index in [4.69, 9.17) is 9.94 Å². The fourth-order valence-corrected chi connectivity index (χ4v) is 3.61. The molecule has 2 atom stereocenters. The number of rotatable bonds is 5. The van der Waals surface area contributed by atoms with E-state index >= 15 is 0 Å². The molecule has 1 saturated heterocycles. The Kier molecular flexibility index (Phi) is 4.00. The van der Waals surface area contributed by atoms with Crippen LogP contribution in [0.4, 0.5) is 9.59 Å². The molecular weight excluding hydrogens is 338 g/mol. The number of urea groups is 1. The lowest BCUT2D eigenvalue weighted by Crippen LogP contribution is -2.41. The highest BCUT2D eigenvalue weighted by molar-refractivity contribution is 5.78. The third-order valence-corrected chi connectivity index (χ3v) is 4.81. The molecule has 3 amide bonds. The molecule has 2 N–H and O–H groups in total. The second kappa shape index (κ2) is 6.34. The average molecular weight is 357 g/mol.